The molecule has 0 saturated heterocycles. The van der Waals surface area contributed by atoms with Gasteiger partial charge in [0.15, 0.2) is 0 Å². The number of ether oxygens (including phenoxy) is 1. The van der Waals surface area contributed by atoms with E-state index in [4.69, 9.17) is 4.74 Å². The van der Waals surface area contributed by atoms with Crippen molar-refractivity contribution in [2.75, 3.05) is 27.7 Å². The molecule has 0 unspecified atom stereocenters. The lowest BCUT2D eigenvalue weighted by Gasteiger charge is -2.57. The van der Waals surface area contributed by atoms with E-state index in [2.05, 4.69) is 6.92 Å². The molecule has 2 aliphatic carbocycles. The Hall–Kier alpha value is -0.770. The molecule has 4 heteroatoms. The van der Waals surface area contributed by atoms with Gasteiger partial charge in [-0.25, -0.2) is 4.79 Å². The van der Waals surface area contributed by atoms with Crippen LogP contribution in [0.15, 0.2) is 0 Å². The van der Waals surface area contributed by atoms with E-state index in [-0.39, 0.29) is 11.4 Å². The lowest BCUT2D eigenvalue weighted by molar-refractivity contribution is -0.152. The van der Waals surface area contributed by atoms with Crippen LogP contribution in [0.3, 0.4) is 0 Å². The van der Waals surface area contributed by atoms with Crippen molar-refractivity contribution < 1.29 is 9.53 Å². The highest BCUT2D eigenvalue weighted by Gasteiger charge is 2.58. The first kappa shape index (κ1) is 13.7. The smallest absolute Gasteiger partial charge is 0.319 e. The Bertz CT molecular complexity index is 311. The Kier molecular flexibility index (Phi) is 3.85. The maximum absolute atomic E-state index is 12.1. The van der Waals surface area contributed by atoms with E-state index >= 15 is 0 Å². The first-order valence-corrected chi connectivity index (χ1v) is 7.08. The molecule has 2 fully saturated rings. The van der Waals surface area contributed by atoms with Gasteiger partial charge in [0.1, 0.15) is 0 Å². The Morgan fingerprint density at radius 1 is 1.28 bits per heavy atom. The van der Waals surface area contributed by atoms with E-state index in [0.717, 1.165) is 13.0 Å². The molecule has 1 spiro atoms. The van der Waals surface area contributed by atoms with Crippen molar-refractivity contribution in [3.8, 4) is 0 Å². The van der Waals surface area contributed by atoms with E-state index in [1.54, 1.807) is 4.90 Å². The lowest BCUT2D eigenvalue weighted by atomic mass is 9.60. The van der Waals surface area contributed by atoms with Crippen LogP contribution in [0.25, 0.3) is 0 Å². The van der Waals surface area contributed by atoms with Crippen molar-refractivity contribution in [2.24, 2.45) is 5.41 Å². The molecule has 0 aromatic heterocycles. The summed E-state index contributed by atoms with van der Waals surface area (Å²) in [4.78, 5) is 15.7. The van der Waals surface area contributed by atoms with Crippen molar-refractivity contribution in [3.63, 3.8) is 0 Å². The number of nitrogens with zero attached hydrogens (tertiary/aromatic N) is 2. The quantitative estimate of drug-likeness (QED) is 0.774. The van der Waals surface area contributed by atoms with Crippen LogP contribution in [-0.2, 0) is 4.74 Å². The third-order valence-electron chi connectivity index (χ3n) is 4.80. The maximum atomic E-state index is 12.1. The summed E-state index contributed by atoms with van der Waals surface area (Å²) in [6.45, 7) is 2.84. The van der Waals surface area contributed by atoms with Gasteiger partial charge in [0.25, 0.3) is 0 Å². The summed E-state index contributed by atoms with van der Waals surface area (Å²) in [5.41, 5.74) is 0.246. The molecule has 0 heterocycles. The molecule has 104 valence electrons. The van der Waals surface area contributed by atoms with Crippen LogP contribution < -0.4 is 0 Å². The molecule has 4 nitrogen and oxygen atoms in total. The molecule has 2 atom stereocenters. The molecule has 0 aliphatic heterocycles. The fourth-order valence-electron chi connectivity index (χ4n) is 3.84. The second-order valence-corrected chi connectivity index (χ2v) is 5.92. The Morgan fingerprint density at radius 2 is 1.89 bits per heavy atom. The number of carbonyl (C=O) groups is 1. The molecule has 2 rings (SSSR count). The largest absolute Gasteiger partial charge is 0.378 e. The number of amides is 2. The van der Waals surface area contributed by atoms with Gasteiger partial charge in [-0.2, -0.15) is 0 Å². The van der Waals surface area contributed by atoms with Crippen LogP contribution in [0.5, 0.6) is 0 Å². The first-order valence-electron chi connectivity index (χ1n) is 7.08. The predicted molar refractivity (Wildman–Crippen MR) is 71.6 cm³/mol. The molecule has 0 N–H and O–H groups in total. The second kappa shape index (κ2) is 5.08. The van der Waals surface area contributed by atoms with Gasteiger partial charge in [-0.15, -0.1) is 0 Å². The van der Waals surface area contributed by atoms with Crippen LogP contribution in [0, 0.1) is 5.41 Å². The van der Waals surface area contributed by atoms with E-state index in [9.17, 15) is 4.79 Å². The van der Waals surface area contributed by atoms with Gasteiger partial charge >= 0.3 is 6.03 Å². The monoisotopic (exact) mass is 254 g/mol. The summed E-state index contributed by atoms with van der Waals surface area (Å²) in [6.07, 6.45) is 6.37. The molecule has 2 amide bonds. The summed E-state index contributed by atoms with van der Waals surface area (Å²) < 4.78 is 5.88. The SMILES string of the molecule is CCO[C@@H]1C[C@H](N(C)C(=O)N(C)C)C12CCCC2. The Morgan fingerprint density at radius 3 is 2.39 bits per heavy atom. The van der Waals surface area contributed by atoms with Crippen molar-refractivity contribution >= 4 is 6.03 Å². The second-order valence-electron chi connectivity index (χ2n) is 5.92. The third-order valence-corrected chi connectivity index (χ3v) is 4.80. The summed E-state index contributed by atoms with van der Waals surface area (Å²) >= 11 is 0. The van der Waals surface area contributed by atoms with Crippen LogP contribution in [0.1, 0.15) is 39.0 Å². The number of urea groups is 1. The summed E-state index contributed by atoms with van der Waals surface area (Å²) in [7, 11) is 5.58. The molecule has 0 radical (unpaired) electrons. The molecule has 2 saturated carbocycles. The van der Waals surface area contributed by atoms with Crippen molar-refractivity contribution in [1.82, 2.24) is 9.80 Å². The van der Waals surface area contributed by atoms with Crippen LogP contribution in [-0.4, -0.2) is 55.7 Å². The van der Waals surface area contributed by atoms with Gasteiger partial charge in [0.05, 0.1) is 6.10 Å². The molecule has 0 aromatic carbocycles. The van der Waals surface area contributed by atoms with Crippen molar-refractivity contribution in [1.29, 1.82) is 0 Å². The number of hydrogen-bond acceptors (Lipinski definition) is 2. The van der Waals surface area contributed by atoms with Gasteiger partial charge in [0, 0.05) is 39.2 Å². The number of hydrogen-bond donors (Lipinski definition) is 0. The fraction of sp³-hybridized carbons (Fsp3) is 0.929. The minimum atomic E-state index is 0.112. The van der Waals surface area contributed by atoms with Crippen molar-refractivity contribution in [3.05, 3.63) is 0 Å². The summed E-state index contributed by atoms with van der Waals surface area (Å²) in [6, 6.07) is 0.479. The molecule has 2 aliphatic rings. The highest BCUT2D eigenvalue weighted by molar-refractivity contribution is 5.74. The maximum Gasteiger partial charge on any atom is 0.319 e. The Balaban J connectivity index is 2.08. The van der Waals surface area contributed by atoms with Gasteiger partial charge in [-0.3, -0.25) is 0 Å². The fourth-order valence-corrected chi connectivity index (χ4v) is 3.84. The molecule has 0 bridgehead atoms. The van der Waals surface area contributed by atoms with Crippen molar-refractivity contribution in [2.45, 2.75) is 51.2 Å². The van der Waals surface area contributed by atoms with Gasteiger partial charge < -0.3 is 14.5 Å². The van der Waals surface area contributed by atoms with Gasteiger partial charge in [0.2, 0.25) is 0 Å². The minimum absolute atomic E-state index is 0.112. The van der Waals surface area contributed by atoms with Crippen LogP contribution >= 0.6 is 0 Å². The van der Waals surface area contributed by atoms with E-state index in [0.29, 0.717) is 12.1 Å². The average molecular weight is 254 g/mol. The van der Waals surface area contributed by atoms with E-state index in [1.165, 1.54) is 25.7 Å². The number of carbonyl (C=O) groups excluding carboxylic acids is 1. The first-order chi connectivity index (χ1) is 8.53. The van der Waals surface area contributed by atoms with E-state index in [1.807, 2.05) is 26.0 Å². The normalized spacial score (nSPS) is 29.1. The topological polar surface area (TPSA) is 32.8 Å². The highest BCUT2D eigenvalue weighted by Crippen LogP contribution is 2.56. The summed E-state index contributed by atoms with van der Waals surface area (Å²) in [5.74, 6) is 0. The third kappa shape index (κ3) is 2.00. The molecular formula is C14H26N2O2. The zero-order chi connectivity index (χ0) is 13.3. The molecule has 18 heavy (non-hydrogen) atoms. The zero-order valence-corrected chi connectivity index (χ0v) is 12.1. The summed E-state index contributed by atoms with van der Waals surface area (Å²) in [5, 5.41) is 0. The molecule has 0 aromatic rings. The van der Waals surface area contributed by atoms with Crippen LogP contribution in [0.2, 0.25) is 0 Å². The number of rotatable bonds is 3. The Labute approximate surface area is 110 Å². The van der Waals surface area contributed by atoms with E-state index < -0.39 is 0 Å². The minimum Gasteiger partial charge on any atom is -0.378 e. The zero-order valence-electron chi connectivity index (χ0n) is 12.1. The van der Waals surface area contributed by atoms with Gasteiger partial charge in [-0.1, -0.05) is 12.8 Å². The predicted octanol–water partition coefficient (Wildman–Crippen LogP) is 2.34. The van der Waals surface area contributed by atoms with Gasteiger partial charge in [-0.05, 0) is 26.2 Å². The highest BCUT2D eigenvalue weighted by atomic mass is 16.5. The molecular weight excluding hydrogens is 228 g/mol. The van der Waals surface area contributed by atoms with Crippen LogP contribution in [0.4, 0.5) is 4.79 Å². The standard InChI is InChI=1S/C14H26N2O2/c1-5-18-12-10-11(14(12)8-6-7-9-14)16(4)13(17)15(2)3/h11-12H,5-10H2,1-4H3/t11-,12+/m0/s1. The lowest BCUT2D eigenvalue weighted by Crippen LogP contribution is -2.64. The average Bonchev–Trinajstić information content (AvgIpc) is 2.84.